The number of hydrogen-bond donors (Lipinski definition) is 0. The Balaban J connectivity index is 0.000000191. The van der Waals surface area contributed by atoms with E-state index in [4.69, 9.17) is 0 Å². The van der Waals surface area contributed by atoms with Crippen LogP contribution >= 0.6 is 0 Å². The molecule has 0 N–H and O–H groups in total. The molecule has 0 unspecified atom stereocenters. The molecule has 0 spiro atoms. The monoisotopic (exact) mass is 658 g/mol. The summed E-state index contributed by atoms with van der Waals surface area (Å²) in [6, 6.07) is 54.6. The van der Waals surface area contributed by atoms with Crippen molar-refractivity contribution >= 4 is 34.1 Å². The second-order valence-corrected chi connectivity index (χ2v) is 13.3. The molecular formula is C48H54N2. The van der Waals surface area contributed by atoms with Crippen LogP contribution in [0.1, 0.15) is 79.7 Å². The van der Waals surface area contributed by atoms with Crippen molar-refractivity contribution in [2.45, 2.75) is 79.6 Å². The molecule has 0 bridgehead atoms. The number of aryl methyl sites for hydroxylation is 4. The first-order valence-electron chi connectivity index (χ1n) is 18.5. The maximum Gasteiger partial charge on any atom is 0.0461 e. The molecule has 0 amide bonds. The molecule has 1 fully saturated rings. The summed E-state index contributed by atoms with van der Waals surface area (Å²) >= 11 is 0. The number of nitrogens with zero attached hydrogens (tertiary/aromatic N) is 2. The van der Waals surface area contributed by atoms with Crippen molar-refractivity contribution in [3.05, 3.63) is 179 Å². The molecule has 0 atom stereocenters. The standard InChI is InChI=1S/C26H29N.C20H19N.C2H6/c1-20-8-14-24(15-9-20)27(25-16-10-21(2)11-17-25)26-18-12-23(13-19-26)22-6-4-3-5-7-22;1-16-8-12-19(13-9-16)21(18-6-4-3-5-7-18)20-14-10-17(2)11-15-20;1-2/h8-19,22H,3-7H2,1-2H3;3-15H,1-2H3;1-2H3. The highest BCUT2D eigenvalue weighted by atomic mass is 15.1. The van der Waals surface area contributed by atoms with Crippen LogP contribution in [-0.4, -0.2) is 0 Å². The van der Waals surface area contributed by atoms with Crippen LogP contribution in [0.3, 0.4) is 0 Å². The van der Waals surface area contributed by atoms with Gasteiger partial charge in [0.2, 0.25) is 0 Å². The molecule has 256 valence electrons. The third-order valence-electron chi connectivity index (χ3n) is 9.41. The van der Waals surface area contributed by atoms with Crippen LogP contribution in [0, 0.1) is 27.7 Å². The summed E-state index contributed by atoms with van der Waals surface area (Å²) in [5.41, 5.74) is 13.8. The van der Waals surface area contributed by atoms with Crippen LogP contribution in [0.15, 0.2) is 152 Å². The van der Waals surface area contributed by atoms with Gasteiger partial charge in [-0.15, -0.1) is 0 Å². The van der Waals surface area contributed by atoms with E-state index in [1.165, 1.54) is 94.0 Å². The summed E-state index contributed by atoms with van der Waals surface area (Å²) in [5, 5.41) is 0. The summed E-state index contributed by atoms with van der Waals surface area (Å²) in [5.74, 6) is 0.750. The minimum absolute atomic E-state index is 0.750. The van der Waals surface area contributed by atoms with Crippen LogP contribution in [0.2, 0.25) is 0 Å². The fraction of sp³-hybridized carbons (Fsp3) is 0.250. The molecule has 2 heteroatoms. The zero-order valence-electron chi connectivity index (χ0n) is 30.9. The van der Waals surface area contributed by atoms with Crippen molar-refractivity contribution in [3.63, 3.8) is 0 Å². The van der Waals surface area contributed by atoms with E-state index in [0.29, 0.717) is 0 Å². The molecule has 6 aromatic carbocycles. The summed E-state index contributed by atoms with van der Waals surface area (Å²) in [4.78, 5) is 4.63. The Labute approximate surface area is 302 Å². The van der Waals surface area contributed by atoms with Gasteiger partial charge in [0, 0.05) is 34.1 Å². The molecule has 50 heavy (non-hydrogen) atoms. The second kappa shape index (κ2) is 18.1. The Kier molecular flexibility index (Phi) is 13.1. The summed E-state index contributed by atoms with van der Waals surface area (Å²) < 4.78 is 0. The summed E-state index contributed by atoms with van der Waals surface area (Å²) in [6.45, 7) is 12.5. The van der Waals surface area contributed by atoms with E-state index in [1.54, 1.807) is 0 Å². The average molecular weight is 659 g/mol. The number of benzene rings is 6. The van der Waals surface area contributed by atoms with Crippen molar-refractivity contribution in [2.75, 3.05) is 9.80 Å². The third-order valence-corrected chi connectivity index (χ3v) is 9.41. The zero-order chi connectivity index (χ0) is 35.3. The topological polar surface area (TPSA) is 6.48 Å². The molecule has 1 saturated carbocycles. The Morgan fingerprint density at radius 1 is 0.340 bits per heavy atom. The van der Waals surface area contributed by atoms with Crippen molar-refractivity contribution < 1.29 is 0 Å². The van der Waals surface area contributed by atoms with Gasteiger partial charge in [0.05, 0.1) is 0 Å². The highest BCUT2D eigenvalue weighted by molar-refractivity contribution is 5.77. The highest BCUT2D eigenvalue weighted by Gasteiger charge is 2.17. The van der Waals surface area contributed by atoms with Gasteiger partial charge < -0.3 is 9.80 Å². The lowest BCUT2D eigenvalue weighted by Crippen LogP contribution is -2.10. The van der Waals surface area contributed by atoms with E-state index >= 15 is 0 Å². The van der Waals surface area contributed by atoms with Crippen molar-refractivity contribution in [1.29, 1.82) is 0 Å². The van der Waals surface area contributed by atoms with Crippen LogP contribution < -0.4 is 9.80 Å². The summed E-state index contributed by atoms with van der Waals surface area (Å²) in [7, 11) is 0. The van der Waals surface area contributed by atoms with E-state index in [-0.39, 0.29) is 0 Å². The minimum atomic E-state index is 0.750. The lowest BCUT2D eigenvalue weighted by Gasteiger charge is -2.27. The van der Waals surface area contributed by atoms with E-state index in [1.807, 2.05) is 19.9 Å². The molecule has 7 rings (SSSR count). The van der Waals surface area contributed by atoms with Crippen LogP contribution in [0.5, 0.6) is 0 Å². The Bertz CT molecular complexity index is 1740. The fourth-order valence-corrected chi connectivity index (χ4v) is 6.58. The SMILES string of the molecule is CC.Cc1ccc(N(c2ccc(C)cc2)c2ccc(C3CCCCC3)cc2)cc1.Cc1ccc(N(c2ccccc2)c2ccc(C)cc2)cc1. The molecule has 1 aliphatic carbocycles. The number of anilines is 6. The highest BCUT2D eigenvalue weighted by Crippen LogP contribution is 2.38. The van der Waals surface area contributed by atoms with Crippen LogP contribution in [-0.2, 0) is 0 Å². The van der Waals surface area contributed by atoms with Gasteiger partial charge in [0.25, 0.3) is 0 Å². The van der Waals surface area contributed by atoms with Gasteiger partial charge in [0.1, 0.15) is 0 Å². The lowest BCUT2D eigenvalue weighted by atomic mass is 9.84. The number of hydrogen-bond acceptors (Lipinski definition) is 2. The Morgan fingerprint density at radius 3 is 0.940 bits per heavy atom. The molecular weight excluding hydrogens is 605 g/mol. The largest absolute Gasteiger partial charge is 0.311 e. The normalized spacial score (nSPS) is 12.5. The van der Waals surface area contributed by atoms with Crippen molar-refractivity contribution in [2.24, 2.45) is 0 Å². The van der Waals surface area contributed by atoms with Gasteiger partial charge >= 0.3 is 0 Å². The van der Waals surface area contributed by atoms with E-state index < -0.39 is 0 Å². The molecule has 0 saturated heterocycles. The fourth-order valence-electron chi connectivity index (χ4n) is 6.58. The predicted molar refractivity (Wildman–Crippen MR) is 218 cm³/mol. The molecule has 0 heterocycles. The maximum absolute atomic E-state index is 2.35. The molecule has 0 radical (unpaired) electrons. The Morgan fingerprint density at radius 2 is 0.620 bits per heavy atom. The number of para-hydroxylation sites is 1. The van der Waals surface area contributed by atoms with Crippen LogP contribution in [0.25, 0.3) is 0 Å². The maximum atomic E-state index is 2.35. The molecule has 0 aliphatic heterocycles. The minimum Gasteiger partial charge on any atom is -0.311 e. The van der Waals surface area contributed by atoms with Gasteiger partial charge in [-0.1, -0.05) is 134 Å². The first-order chi connectivity index (χ1) is 24.4. The van der Waals surface area contributed by atoms with Crippen molar-refractivity contribution in [3.8, 4) is 0 Å². The molecule has 2 nitrogen and oxygen atoms in total. The molecule has 1 aliphatic rings. The van der Waals surface area contributed by atoms with E-state index in [2.05, 4.69) is 183 Å². The third kappa shape index (κ3) is 9.54. The lowest BCUT2D eigenvalue weighted by molar-refractivity contribution is 0.443. The summed E-state index contributed by atoms with van der Waals surface area (Å²) in [6.07, 6.45) is 6.86. The predicted octanol–water partition coefficient (Wildman–Crippen LogP) is 14.6. The average Bonchev–Trinajstić information content (AvgIpc) is 3.17. The van der Waals surface area contributed by atoms with Gasteiger partial charge in [-0.25, -0.2) is 0 Å². The quantitative estimate of drug-likeness (QED) is 0.168. The second-order valence-electron chi connectivity index (χ2n) is 13.3. The first kappa shape index (κ1) is 36.2. The first-order valence-corrected chi connectivity index (χ1v) is 18.5. The van der Waals surface area contributed by atoms with Gasteiger partial charge in [0.15, 0.2) is 0 Å². The van der Waals surface area contributed by atoms with Crippen LogP contribution in [0.4, 0.5) is 34.1 Å². The molecule has 6 aromatic rings. The van der Waals surface area contributed by atoms with Crippen molar-refractivity contribution in [1.82, 2.24) is 0 Å². The smallest absolute Gasteiger partial charge is 0.0461 e. The Hall–Kier alpha value is -5.08. The molecule has 0 aromatic heterocycles. The van der Waals surface area contributed by atoms with Gasteiger partial charge in [-0.3, -0.25) is 0 Å². The van der Waals surface area contributed by atoms with Gasteiger partial charge in [-0.2, -0.15) is 0 Å². The number of rotatable bonds is 7. The van der Waals surface area contributed by atoms with Gasteiger partial charge in [-0.05, 0) is 125 Å². The zero-order valence-corrected chi connectivity index (χ0v) is 30.9. The van der Waals surface area contributed by atoms with E-state index in [9.17, 15) is 0 Å². The van der Waals surface area contributed by atoms with E-state index in [0.717, 1.165) is 5.92 Å².